The molecule has 1 heterocycles. The Kier molecular flexibility index (Phi) is 3.36. The minimum Gasteiger partial charge on any atom is -0.491 e. The standard InChI is InChI=1S/C19H29NO/c1-18(2,3)12-9-14-16(20-13-7-8-13)11-21-17(14)15(10-12)19(4,5)6/h9-10,13,16,20H,7-8,11H2,1-6H3. The third-order valence-corrected chi connectivity index (χ3v) is 4.58. The van der Waals surface area contributed by atoms with Gasteiger partial charge in [-0.25, -0.2) is 0 Å². The first kappa shape index (κ1) is 14.9. The quantitative estimate of drug-likeness (QED) is 0.866. The normalized spacial score (nSPS) is 22.1. The predicted molar refractivity (Wildman–Crippen MR) is 88.2 cm³/mol. The van der Waals surface area contributed by atoms with Crippen LogP contribution in [0.15, 0.2) is 12.1 Å². The fourth-order valence-corrected chi connectivity index (χ4v) is 2.99. The van der Waals surface area contributed by atoms with Crippen molar-refractivity contribution < 1.29 is 4.74 Å². The van der Waals surface area contributed by atoms with Crippen LogP contribution in [-0.4, -0.2) is 12.6 Å². The van der Waals surface area contributed by atoms with Crippen molar-refractivity contribution in [3.63, 3.8) is 0 Å². The van der Waals surface area contributed by atoms with Gasteiger partial charge in [0.15, 0.2) is 0 Å². The van der Waals surface area contributed by atoms with Gasteiger partial charge in [0.05, 0.1) is 6.04 Å². The van der Waals surface area contributed by atoms with Crippen molar-refractivity contribution in [3.05, 3.63) is 28.8 Å². The molecular formula is C19H29NO. The van der Waals surface area contributed by atoms with E-state index in [1.165, 1.54) is 29.5 Å². The first-order valence-electron chi connectivity index (χ1n) is 8.24. The number of ether oxygens (including phenoxy) is 1. The molecule has 3 rings (SSSR count). The monoisotopic (exact) mass is 287 g/mol. The highest BCUT2D eigenvalue weighted by molar-refractivity contribution is 5.53. The maximum atomic E-state index is 6.10. The van der Waals surface area contributed by atoms with Gasteiger partial charge in [-0.2, -0.15) is 0 Å². The summed E-state index contributed by atoms with van der Waals surface area (Å²) in [6.07, 6.45) is 2.63. The van der Waals surface area contributed by atoms with Gasteiger partial charge in [0, 0.05) is 17.2 Å². The Balaban J connectivity index is 2.07. The van der Waals surface area contributed by atoms with E-state index in [1.54, 1.807) is 0 Å². The molecule has 1 saturated carbocycles. The van der Waals surface area contributed by atoms with Crippen LogP contribution in [0.1, 0.15) is 77.1 Å². The van der Waals surface area contributed by atoms with Gasteiger partial charge in [0.2, 0.25) is 0 Å². The maximum Gasteiger partial charge on any atom is 0.128 e. The van der Waals surface area contributed by atoms with Gasteiger partial charge in [-0.1, -0.05) is 47.6 Å². The van der Waals surface area contributed by atoms with E-state index in [1.807, 2.05) is 0 Å². The highest BCUT2D eigenvalue weighted by Gasteiger charge is 2.35. The van der Waals surface area contributed by atoms with Crippen LogP contribution < -0.4 is 10.1 Å². The van der Waals surface area contributed by atoms with Gasteiger partial charge in [-0.15, -0.1) is 0 Å². The SMILES string of the molecule is CC(C)(C)c1cc2c(c(C(C)(C)C)c1)OCC2NC1CC1. The molecule has 1 fully saturated rings. The van der Waals surface area contributed by atoms with Crippen LogP contribution in [0.25, 0.3) is 0 Å². The van der Waals surface area contributed by atoms with Crippen LogP contribution in [0.4, 0.5) is 0 Å². The zero-order valence-corrected chi connectivity index (χ0v) is 14.3. The van der Waals surface area contributed by atoms with E-state index < -0.39 is 0 Å². The lowest BCUT2D eigenvalue weighted by Gasteiger charge is -2.27. The molecule has 1 aliphatic carbocycles. The summed E-state index contributed by atoms with van der Waals surface area (Å²) in [6.45, 7) is 14.5. The van der Waals surface area contributed by atoms with E-state index in [0.29, 0.717) is 12.1 Å². The van der Waals surface area contributed by atoms with Crippen LogP contribution in [0.2, 0.25) is 0 Å². The van der Waals surface area contributed by atoms with Gasteiger partial charge in [0.25, 0.3) is 0 Å². The molecular weight excluding hydrogens is 258 g/mol. The second kappa shape index (κ2) is 4.74. The molecule has 0 bridgehead atoms. The molecule has 1 aliphatic heterocycles. The van der Waals surface area contributed by atoms with Gasteiger partial charge < -0.3 is 10.1 Å². The van der Waals surface area contributed by atoms with Gasteiger partial charge in [0.1, 0.15) is 12.4 Å². The number of hydrogen-bond acceptors (Lipinski definition) is 2. The number of nitrogens with one attached hydrogen (secondary N) is 1. The van der Waals surface area contributed by atoms with Crippen molar-refractivity contribution in [1.82, 2.24) is 5.32 Å². The third kappa shape index (κ3) is 2.96. The van der Waals surface area contributed by atoms with E-state index >= 15 is 0 Å². The van der Waals surface area contributed by atoms with Crippen molar-refractivity contribution in [1.29, 1.82) is 0 Å². The minimum atomic E-state index is 0.111. The Morgan fingerprint density at radius 1 is 1.00 bits per heavy atom. The number of benzene rings is 1. The van der Waals surface area contributed by atoms with Crippen molar-refractivity contribution in [2.24, 2.45) is 0 Å². The maximum absolute atomic E-state index is 6.10. The number of hydrogen-bond donors (Lipinski definition) is 1. The Bertz CT molecular complexity index is 544. The van der Waals surface area contributed by atoms with Gasteiger partial charge in [-0.3, -0.25) is 0 Å². The molecule has 0 radical (unpaired) electrons. The Labute approximate surface area is 129 Å². The van der Waals surface area contributed by atoms with Crippen LogP contribution in [-0.2, 0) is 10.8 Å². The fourth-order valence-electron chi connectivity index (χ4n) is 2.99. The molecule has 0 saturated heterocycles. The second-order valence-corrected chi connectivity index (χ2v) is 8.75. The molecule has 1 aromatic rings. The lowest BCUT2D eigenvalue weighted by molar-refractivity contribution is 0.304. The lowest BCUT2D eigenvalue weighted by atomic mass is 9.78. The molecule has 116 valence electrons. The molecule has 0 amide bonds. The smallest absolute Gasteiger partial charge is 0.128 e. The zero-order chi connectivity index (χ0) is 15.4. The summed E-state index contributed by atoms with van der Waals surface area (Å²) in [4.78, 5) is 0. The minimum absolute atomic E-state index is 0.111. The zero-order valence-electron chi connectivity index (χ0n) is 14.3. The molecule has 2 nitrogen and oxygen atoms in total. The van der Waals surface area contributed by atoms with Crippen molar-refractivity contribution >= 4 is 0 Å². The largest absolute Gasteiger partial charge is 0.491 e. The van der Waals surface area contributed by atoms with E-state index in [9.17, 15) is 0 Å². The van der Waals surface area contributed by atoms with Crippen molar-refractivity contribution in [2.45, 2.75) is 77.3 Å². The molecule has 2 aliphatic rings. The van der Waals surface area contributed by atoms with Crippen LogP contribution >= 0.6 is 0 Å². The summed E-state index contributed by atoms with van der Waals surface area (Å²) in [5.41, 5.74) is 4.42. The molecule has 0 aromatic heterocycles. The number of fused-ring (bicyclic) bond motifs is 1. The van der Waals surface area contributed by atoms with E-state index in [2.05, 4.69) is 59.0 Å². The topological polar surface area (TPSA) is 21.3 Å². The summed E-state index contributed by atoms with van der Waals surface area (Å²) in [6, 6.07) is 5.81. The summed E-state index contributed by atoms with van der Waals surface area (Å²) >= 11 is 0. The fraction of sp³-hybridized carbons (Fsp3) is 0.684. The lowest BCUT2D eigenvalue weighted by Crippen LogP contribution is -2.24. The Hall–Kier alpha value is -1.02. The van der Waals surface area contributed by atoms with Crippen LogP contribution in [0.5, 0.6) is 5.75 Å². The molecule has 1 unspecified atom stereocenters. The first-order chi connectivity index (χ1) is 9.66. The van der Waals surface area contributed by atoms with E-state index in [0.717, 1.165) is 12.4 Å². The van der Waals surface area contributed by atoms with Crippen molar-refractivity contribution in [3.8, 4) is 5.75 Å². The molecule has 2 heteroatoms. The number of rotatable bonds is 2. The average molecular weight is 287 g/mol. The molecule has 1 atom stereocenters. The van der Waals surface area contributed by atoms with E-state index in [-0.39, 0.29) is 10.8 Å². The first-order valence-corrected chi connectivity index (χ1v) is 8.24. The summed E-state index contributed by atoms with van der Waals surface area (Å²) in [7, 11) is 0. The van der Waals surface area contributed by atoms with E-state index in [4.69, 9.17) is 4.74 Å². The highest BCUT2D eigenvalue weighted by Crippen LogP contribution is 2.44. The summed E-state index contributed by atoms with van der Waals surface area (Å²) in [5, 5.41) is 3.74. The molecule has 1 N–H and O–H groups in total. The van der Waals surface area contributed by atoms with Gasteiger partial charge >= 0.3 is 0 Å². The van der Waals surface area contributed by atoms with Crippen LogP contribution in [0.3, 0.4) is 0 Å². The third-order valence-electron chi connectivity index (χ3n) is 4.58. The van der Waals surface area contributed by atoms with Crippen molar-refractivity contribution in [2.75, 3.05) is 6.61 Å². The highest BCUT2D eigenvalue weighted by atomic mass is 16.5. The second-order valence-electron chi connectivity index (χ2n) is 8.75. The summed E-state index contributed by atoms with van der Waals surface area (Å²) < 4.78 is 6.10. The summed E-state index contributed by atoms with van der Waals surface area (Å²) in [5.74, 6) is 1.13. The average Bonchev–Trinajstić information content (AvgIpc) is 3.06. The molecule has 0 spiro atoms. The Morgan fingerprint density at radius 3 is 2.19 bits per heavy atom. The Morgan fingerprint density at radius 2 is 1.67 bits per heavy atom. The molecule has 1 aromatic carbocycles. The van der Waals surface area contributed by atoms with Crippen LogP contribution in [0, 0.1) is 0 Å². The molecule has 21 heavy (non-hydrogen) atoms. The van der Waals surface area contributed by atoms with Gasteiger partial charge in [-0.05, 0) is 35.3 Å². The predicted octanol–water partition coefficient (Wildman–Crippen LogP) is 4.47.